The average molecular weight is 332 g/mol. The van der Waals surface area contributed by atoms with Crippen LogP contribution in [0.25, 0.3) is 0 Å². The van der Waals surface area contributed by atoms with E-state index in [4.69, 9.17) is 4.74 Å². The van der Waals surface area contributed by atoms with Crippen molar-refractivity contribution in [1.82, 2.24) is 4.98 Å². The number of nitro groups is 1. The smallest absolute Gasteiger partial charge is 0.312 e. The molecule has 0 unspecified atom stereocenters. The summed E-state index contributed by atoms with van der Waals surface area (Å²) in [6.45, 7) is 5.33. The highest BCUT2D eigenvalue weighted by molar-refractivity contribution is 9.10. The van der Waals surface area contributed by atoms with Crippen molar-refractivity contribution < 1.29 is 9.66 Å². The normalized spacial score (nSPS) is 10.7. The van der Waals surface area contributed by atoms with Gasteiger partial charge in [0.1, 0.15) is 0 Å². The molecule has 6 nitrogen and oxygen atoms in total. The minimum atomic E-state index is -0.442. The first kappa shape index (κ1) is 15.8. The fraction of sp³-hybridized carbons (Fsp3) is 0.583. The van der Waals surface area contributed by atoms with Gasteiger partial charge in [-0.3, -0.25) is 10.1 Å². The molecule has 1 aromatic heterocycles. The largest absolute Gasteiger partial charge is 0.379 e. The third-order valence-corrected chi connectivity index (χ3v) is 2.78. The first-order chi connectivity index (χ1) is 9.00. The van der Waals surface area contributed by atoms with E-state index in [1.807, 2.05) is 13.8 Å². The Bertz CT molecular complexity index is 427. The lowest BCUT2D eigenvalue weighted by Crippen LogP contribution is -2.09. The lowest BCUT2D eigenvalue weighted by atomic mass is 10.3. The van der Waals surface area contributed by atoms with E-state index in [2.05, 4.69) is 26.2 Å². The zero-order valence-corrected chi connectivity index (χ0v) is 12.6. The van der Waals surface area contributed by atoms with E-state index in [1.165, 1.54) is 12.3 Å². The Balaban J connectivity index is 2.39. The maximum Gasteiger partial charge on any atom is 0.312 e. The molecule has 1 heterocycles. The molecular formula is C12H18BrN3O3. The molecular weight excluding hydrogens is 314 g/mol. The van der Waals surface area contributed by atoms with Crippen LogP contribution in [0.3, 0.4) is 0 Å². The predicted octanol–water partition coefficient (Wildman–Crippen LogP) is 3.37. The lowest BCUT2D eigenvalue weighted by Gasteiger charge is -2.08. The lowest BCUT2D eigenvalue weighted by molar-refractivity contribution is -0.384. The highest BCUT2D eigenvalue weighted by Crippen LogP contribution is 2.25. The second kappa shape index (κ2) is 8.06. The number of hydrogen-bond donors (Lipinski definition) is 1. The van der Waals surface area contributed by atoms with Crippen LogP contribution >= 0.6 is 15.9 Å². The molecule has 1 aromatic rings. The van der Waals surface area contributed by atoms with Crippen LogP contribution in [-0.4, -0.2) is 29.2 Å². The highest BCUT2D eigenvalue weighted by Gasteiger charge is 2.15. The van der Waals surface area contributed by atoms with Gasteiger partial charge < -0.3 is 10.1 Å². The molecule has 0 saturated carbocycles. The summed E-state index contributed by atoms with van der Waals surface area (Å²) >= 11 is 3.17. The van der Waals surface area contributed by atoms with E-state index >= 15 is 0 Å². The molecule has 0 amide bonds. The molecule has 7 heteroatoms. The number of hydrogen-bond acceptors (Lipinski definition) is 5. The zero-order chi connectivity index (χ0) is 14.3. The number of anilines is 1. The second-order valence-electron chi connectivity index (χ2n) is 4.33. The van der Waals surface area contributed by atoms with Crippen LogP contribution in [0.2, 0.25) is 0 Å². The average Bonchev–Trinajstić information content (AvgIpc) is 2.34. The maximum absolute atomic E-state index is 10.9. The van der Waals surface area contributed by atoms with Crippen molar-refractivity contribution in [3.63, 3.8) is 0 Å². The molecule has 0 aliphatic heterocycles. The van der Waals surface area contributed by atoms with Gasteiger partial charge in [-0.1, -0.05) is 0 Å². The van der Waals surface area contributed by atoms with E-state index in [-0.39, 0.29) is 11.8 Å². The number of rotatable bonds is 8. The van der Waals surface area contributed by atoms with Crippen molar-refractivity contribution in [2.75, 3.05) is 18.5 Å². The summed E-state index contributed by atoms with van der Waals surface area (Å²) in [5.74, 6) is 0.304. The summed E-state index contributed by atoms with van der Waals surface area (Å²) < 4.78 is 6.01. The van der Waals surface area contributed by atoms with Crippen LogP contribution in [0.4, 0.5) is 11.5 Å². The number of ether oxygens (including phenoxy) is 1. The molecule has 0 bridgehead atoms. The van der Waals surface area contributed by atoms with Crippen LogP contribution in [-0.2, 0) is 4.74 Å². The monoisotopic (exact) mass is 331 g/mol. The summed E-state index contributed by atoms with van der Waals surface area (Å²) in [6, 6.07) is 1.44. The summed E-state index contributed by atoms with van der Waals surface area (Å²) in [4.78, 5) is 14.4. The highest BCUT2D eigenvalue weighted by atomic mass is 79.9. The van der Waals surface area contributed by atoms with Gasteiger partial charge in [-0.05, 0) is 42.6 Å². The van der Waals surface area contributed by atoms with Crippen LogP contribution < -0.4 is 5.32 Å². The van der Waals surface area contributed by atoms with Gasteiger partial charge in [0.25, 0.3) is 0 Å². The molecule has 19 heavy (non-hydrogen) atoms. The fourth-order valence-corrected chi connectivity index (χ4v) is 1.78. The number of halogens is 1. The quantitative estimate of drug-likeness (QED) is 0.449. The van der Waals surface area contributed by atoms with Gasteiger partial charge in [0.05, 0.1) is 11.0 Å². The zero-order valence-electron chi connectivity index (χ0n) is 11.1. The van der Waals surface area contributed by atoms with E-state index in [9.17, 15) is 10.1 Å². The molecule has 106 valence electrons. The number of pyridine rings is 1. The van der Waals surface area contributed by atoms with E-state index in [0.717, 1.165) is 12.8 Å². The van der Waals surface area contributed by atoms with Crippen molar-refractivity contribution in [2.45, 2.75) is 32.8 Å². The molecule has 1 rings (SSSR count). The van der Waals surface area contributed by atoms with Gasteiger partial charge in [-0.25, -0.2) is 4.98 Å². The van der Waals surface area contributed by atoms with Gasteiger partial charge in [-0.15, -0.1) is 0 Å². The van der Waals surface area contributed by atoms with E-state index in [1.54, 1.807) is 0 Å². The van der Waals surface area contributed by atoms with Gasteiger partial charge in [0, 0.05) is 29.9 Å². The van der Waals surface area contributed by atoms with Crippen LogP contribution in [0, 0.1) is 10.1 Å². The molecule has 0 aromatic carbocycles. The molecule has 0 atom stereocenters. The minimum absolute atomic E-state index is 0.0206. The SMILES string of the molecule is CC(C)OCCCCNc1ncc(Br)cc1[N+](=O)[O-]. The van der Waals surface area contributed by atoms with Crippen molar-refractivity contribution in [3.8, 4) is 0 Å². The Kier molecular flexibility index (Phi) is 6.72. The van der Waals surface area contributed by atoms with Crippen molar-refractivity contribution in [1.29, 1.82) is 0 Å². The maximum atomic E-state index is 10.9. The standard InChI is InChI=1S/C12H18BrN3O3/c1-9(2)19-6-4-3-5-14-12-11(16(17)18)7-10(13)8-15-12/h7-9H,3-6H2,1-2H3,(H,14,15). The van der Waals surface area contributed by atoms with Crippen molar-refractivity contribution in [3.05, 3.63) is 26.9 Å². The summed E-state index contributed by atoms with van der Waals surface area (Å²) in [6.07, 6.45) is 3.57. The molecule has 0 aliphatic carbocycles. The Labute approximate surface area is 120 Å². The minimum Gasteiger partial charge on any atom is -0.379 e. The topological polar surface area (TPSA) is 77.3 Å². The van der Waals surface area contributed by atoms with Gasteiger partial charge in [0.2, 0.25) is 5.82 Å². The van der Waals surface area contributed by atoms with Crippen molar-refractivity contribution >= 4 is 27.4 Å². The summed E-state index contributed by atoms with van der Waals surface area (Å²) in [5, 5.41) is 13.8. The van der Waals surface area contributed by atoms with Gasteiger partial charge in [-0.2, -0.15) is 0 Å². The molecule has 0 fully saturated rings. The third kappa shape index (κ3) is 5.98. The predicted molar refractivity (Wildman–Crippen MR) is 77.4 cm³/mol. The number of nitrogens with zero attached hydrogens (tertiary/aromatic N) is 2. The van der Waals surface area contributed by atoms with Crippen LogP contribution in [0.15, 0.2) is 16.7 Å². The Hall–Kier alpha value is -1.21. The van der Waals surface area contributed by atoms with Gasteiger partial charge in [0.15, 0.2) is 0 Å². The molecule has 0 aliphatic rings. The molecule has 0 radical (unpaired) electrons. The Morgan fingerprint density at radius 3 is 2.89 bits per heavy atom. The first-order valence-electron chi connectivity index (χ1n) is 6.16. The Morgan fingerprint density at radius 1 is 1.53 bits per heavy atom. The van der Waals surface area contributed by atoms with Crippen LogP contribution in [0.1, 0.15) is 26.7 Å². The molecule has 0 saturated heterocycles. The van der Waals surface area contributed by atoms with E-state index in [0.29, 0.717) is 23.4 Å². The number of unbranched alkanes of at least 4 members (excludes halogenated alkanes) is 1. The van der Waals surface area contributed by atoms with Crippen LogP contribution in [0.5, 0.6) is 0 Å². The fourth-order valence-electron chi connectivity index (χ4n) is 1.46. The Morgan fingerprint density at radius 2 is 2.26 bits per heavy atom. The summed E-state index contributed by atoms with van der Waals surface area (Å²) in [5.41, 5.74) is -0.0206. The number of nitrogens with one attached hydrogen (secondary N) is 1. The number of aromatic nitrogens is 1. The van der Waals surface area contributed by atoms with Gasteiger partial charge >= 0.3 is 5.69 Å². The third-order valence-electron chi connectivity index (χ3n) is 2.35. The molecule has 1 N–H and O–H groups in total. The van der Waals surface area contributed by atoms with Crippen molar-refractivity contribution in [2.24, 2.45) is 0 Å². The first-order valence-corrected chi connectivity index (χ1v) is 6.95. The van der Waals surface area contributed by atoms with E-state index < -0.39 is 4.92 Å². The molecule has 0 spiro atoms. The second-order valence-corrected chi connectivity index (χ2v) is 5.25. The summed E-state index contributed by atoms with van der Waals surface area (Å²) in [7, 11) is 0.